The molecule has 1 aromatic carbocycles. The standard InChI is InChI=1S/C14H16N4/c1-9-14(13(7-15)17-18(9)2)11-8-16-12-6-4-3-5-10(11)12/h3-6,8,16H,7,15H2,1-2H3. The summed E-state index contributed by atoms with van der Waals surface area (Å²) in [7, 11) is 1.95. The number of nitrogens with two attached hydrogens (primary N) is 1. The van der Waals surface area contributed by atoms with Gasteiger partial charge >= 0.3 is 0 Å². The number of hydrogen-bond acceptors (Lipinski definition) is 2. The van der Waals surface area contributed by atoms with Crippen molar-refractivity contribution in [1.82, 2.24) is 14.8 Å². The second-order valence-corrected chi connectivity index (χ2v) is 4.48. The quantitative estimate of drug-likeness (QED) is 0.722. The molecule has 2 heterocycles. The van der Waals surface area contributed by atoms with Crippen molar-refractivity contribution >= 4 is 10.9 Å². The Bertz CT molecular complexity index is 706. The van der Waals surface area contributed by atoms with Gasteiger partial charge in [0.2, 0.25) is 0 Å². The maximum atomic E-state index is 5.80. The molecule has 0 saturated carbocycles. The summed E-state index contributed by atoms with van der Waals surface area (Å²) in [5.41, 5.74) is 11.3. The van der Waals surface area contributed by atoms with Crippen molar-refractivity contribution in [1.29, 1.82) is 0 Å². The number of aromatic amines is 1. The number of fused-ring (bicyclic) bond motifs is 1. The Morgan fingerprint density at radius 3 is 2.89 bits per heavy atom. The van der Waals surface area contributed by atoms with E-state index in [9.17, 15) is 0 Å². The highest BCUT2D eigenvalue weighted by molar-refractivity contribution is 5.96. The van der Waals surface area contributed by atoms with E-state index < -0.39 is 0 Å². The van der Waals surface area contributed by atoms with Gasteiger partial charge in [-0.2, -0.15) is 5.10 Å². The molecule has 0 fully saturated rings. The third-order valence-corrected chi connectivity index (χ3v) is 3.46. The van der Waals surface area contributed by atoms with Crippen LogP contribution in [-0.4, -0.2) is 14.8 Å². The fourth-order valence-corrected chi connectivity index (χ4v) is 2.45. The van der Waals surface area contributed by atoms with Gasteiger partial charge in [0.05, 0.1) is 5.69 Å². The van der Waals surface area contributed by atoms with Gasteiger partial charge in [-0.05, 0) is 13.0 Å². The summed E-state index contributed by atoms with van der Waals surface area (Å²) in [5, 5.41) is 5.68. The Labute approximate surface area is 105 Å². The molecular weight excluding hydrogens is 224 g/mol. The fraction of sp³-hybridized carbons (Fsp3) is 0.214. The third-order valence-electron chi connectivity index (χ3n) is 3.46. The van der Waals surface area contributed by atoms with Gasteiger partial charge in [0, 0.05) is 47.5 Å². The van der Waals surface area contributed by atoms with Crippen LogP contribution >= 0.6 is 0 Å². The largest absolute Gasteiger partial charge is 0.361 e. The van der Waals surface area contributed by atoms with Crippen LogP contribution in [0.2, 0.25) is 0 Å². The highest BCUT2D eigenvalue weighted by atomic mass is 15.3. The van der Waals surface area contributed by atoms with E-state index in [0.29, 0.717) is 6.54 Å². The minimum Gasteiger partial charge on any atom is -0.361 e. The molecular formula is C14H16N4. The molecule has 0 radical (unpaired) electrons. The highest BCUT2D eigenvalue weighted by Gasteiger charge is 2.16. The van der Waals surface area contributed by atoms with Gasteiger partial charge < -0.3 is 10.7 Å². The molecule has 0 aliphatic heterocycles. The number of nitrogens with zero attached hydrogens (tertiary/aromatic N) is 2. The van der Waals surface area contributed by atoms with Gasteiger partial charge in [-0.25, -0.2) is 0 Å². The summed E-state index contributed by atoms with van der Waals surface area (Å²) in [4.78, 5) is 3.30. The van der Waals surface area contributed by atoms with Gasteiger partial charge in [-0.3, -0.25) is 4.68 Å². The molecule has 0 aliphatic rings. The molecule has 0 unspecified atom stereocenters. The molecule has 18 heavy (non-hydrogen) atoms. The molecule has 3 N–H and O–H groups in total. The molecule has 0 aliphatic carbocycles. The molecule has 0 amide bonds. The lowest BCUT2D eigenvalue weighted by atomic mass is 10.0. The number of para-hydroxylation sites is 1. The van der Waals surface area contributed by atoms with Gasteiger partial charge in [-0.15, -0.1) is 0 Å². The summed E-state index contributed by atoms with van der Waals surface area (Å²) >= 11 is 0. The van der Waals surface area contributed by atoms with E-state index in [1.54, 1.807) is 0 Å². The van der Waals surface area contributed by atoms with E-state index >= 15 is 0 Å². The molecule has 2 aromatic heterocycles. The fourth-order valence-electron chi connectivity index (χ4n) is 2.45. The lowest BCUT2D eigenvalue weighted by Gasteiger charge is -2.01. The smallest absolute Gasteiger partial charge is 0.0842 e. The number of H-pyrrole nitrogens is 1. The van der Waals surface area contributed by atoms with Crippen molar-refractivity contribution in [2.45, 2.75) is 13.5 Å². The SMILES string of the molecule is Cc1c(-c2c[nH]c3ccccc23)c(CN)nn1C. The number of aryl methyl sites for hydroxylation is 1. The average Bonchev–Trinajstić information content (AvgIpc) is 2.92. The second kappa shape index (κ2) is 3.99. The van der Waals surface area contributed by atoms with E-state index in [4.69, 9.17) is 5.73 Å². The van der Waals surface area contributed by atoms with Gasteiger partial charge in [0.15, 0.2) is 0 Å². The maximum Gasteiger partial charge on any atom is 0.0842 e. The summed E-state index contributed by atoms with van der Waals surface area (Å²) < 4.78 is 1.89. The van der Waals surface area contributed by atoms with Crippen LogP contribution in [0.1, 0.15) is 11.4 Å². The number of hydrogen-bond donors (Lipinski definition) is 2. The van der Waals surface area contributed by atoms with Crippen LogP contribution in [0.25, 0.3) is 22.0 Å². The van der Waals surface area contributed by atoms with Crippen LogP contribution in [0.4, 0.5) is 0 Å². The van der Waals surface area contributed by atoms with Gasteiger partial charge in [0.25, 0.3) is 0 Å². The Morgan fingerprint density at radius 2 is 2.11 bits per heavy atom. The number of rotatable bonds is 2. The monoisotopic (exact) mass is 240 g/mol. The van der Waals surface area contributed by atoms with Crippen LogP contribution in [-0.2, 0) is 13.6 Å². The van der Waals surface area contributed by atoms with Crippen molar-refractivity contribution in [3.8, 4) is 11.1 Å². The molecule has 0 spiro atoms. The predicted octanol–water partition coefficient (Wildman–Crippen LogP) is 2.34. The first-order chi connectivity index (χ1) is 8.72. The Balaban J connectivity index is 2.32. The van der Waals surface area contributed by atoms with Crippen LogP contribution in [0.3, 0.4) is 0 Å². The lowest BCUT2D eigenvalue weighted by molar-refractivity contribution is 0.721. The van der Waals surface area contributed by atoms with E-state index in [-0.39, 0.29) is 0 Å². The molecule has 0 atom stereocenters. The van der Waals surface area contributed by atoms with Gasteiger partial charge in [0.1, 0.15) is 0 Å². The minimum absolute atomic E-state index is 0.455. The van der Waals surface area contributed by atoms with E-state index in [0.717, 1.165) is 22.5 Å². The molecule has 0 saturated heterocycles. The van der Waals surface area contributed by atoms with Crippen LogP contribution < -0.4 is 5.73 Å². The first kappa shape index (κ1) is 11.0. The predicted molar refractivity (Wildman–Crippen MR) is 73.1 cm³/mol. The number of benzene rings is 1. The van der Waals surface area contributed by atoms with Crippen molar-refractivity contribution < 1.29 is 0 Å². The van der Waals surface area contributed by atoms with E-state index in [1.165, 1.54) is 10.9 Å². The first-order valence-corrected chi connectivity index (χ1v) is 6.01. The maximum absolute atomic E-state index is 5.80. The Hall–Kier alpha value is -2.07. The number of nitrogens with one attached hydrogen (secondary N) is 1. The van der Waals surface area contributed by atoms with Crippen molar-refractivity contribution in [2.75, 3.05) is 0 Å². The Kier molecular flexibility index (Phi) is 2.45. The second-order valence-electron chi connectivity index (χ2n) is 4.48. The molecule has 4 heteroatoms. The average molecular weight is 240 g/mol. The molecule has 3 aromatic rings. The van der Waals surface area contributed by atoms with E-state index in [1.807, 2.05) is 30.1 Å². The van der Waals surface area contributed by atoms with Gasteiger partial charge in [-0.1, -0.05) is 18.2 Å². The third kappa shape index (κ3) is 1.46. The zero-order valence-corrected chi connectivity index (χ0v) is 10.6. The van der Waals surface area contributed by atoms with E-state index in [2.05, 4.69) is 29.1 Å². The van der Waals surface area contributed by atoms with Crippen LogP contribution in [0.15, 0.2) is 30.5 Å². The highest BCUT2D eigenvalue weighted by Crippen LogP contribution is 2.32. The summed E-state index contributed by atoms with van der Waals surface area (Å²) in [6.45, 7) is 2.53. The Morgan fingerprint density at radius 1 is 1.33 bits per heavy atom. The summed E-state index contributed by atoms with van der Waals surface area (Å²) in [6, 6.07) is 8.27. The number of aromatic nitrogens is 3. The minimum atomic E-state index is 0.455. The molecule has 0 bridgehead atoms. The van der Waals surface area contributed by atoms with Crippen molar-refractivity contribution in [2.24, 2.45) is 12.8 Å². The van der Waals surface area contributed by atoms with Crippen molar-refractivity contribution in [3.05, 3.63) is 41.9 Å². The van der Waals surface area contributed by atoms with Crippen molar-refractivity contribution in [3.63, 3.8) is 0 Å². The topological polar surface area (TPSA) is 59.6 Å². The zero-order valence-electron chi connectivity index (χ0n) is 10.6. The molecule has 3 rings (SSSR count). The van der Waals surface area contributed by atoms with Crippen LogP contribution in [0.5, 0.6) is 0 Å². The summed E-state index contributed by atoms with van der Waals surface area (Å²) in [6.07, 6.45) is 2.04. The molecule has 4 nitrogen and oxygen atoms in total. The summed E-state index contributed by atoms with van der Waals surface area (Å²) in [5.74, 6) is 0. The molecule has 92 valence electrons. The lowest BCUT2D eigenvalue weighted by Crippen LogP contribution is -1.99. The normalized spacial score (nSPS) is 11.3. The zero-order chi connectivity index (χ0) is 12.7. The van der Waals surface area contributed by atoms with Crippen LogP contribution in [0, 0.1) is 6.92 Å². The first-order valence-electron chi connectivity index (χ1n) is 6.01.